The minimum absolute atomic E-state index is 0.328. The summed E-state index contributed by atoms with van der Waals surface area (Å²) >= 11 is 5.98. The molecule has 0 aliphatic rings. The number of rotatable bonds is 4. The SMILES string of the molecule is CNc1nnc(COc2ccccc2Cl)n1C. The predicted molar refractivity (Wildman–Crippen MR) is 66.3 cm³/mol. The molecule has 0 aliphatic carbocycles. The molecule has 2 rings (SSSR count). The van der Waals surface area contributed by atoms with Gasteiger partial charge in [0, 0.05) is 14.1 Å². The molecule has 0 unspecified atom stereocenters. The number of anilines is 1. The molecule has 1 N–H and O–H groups in total. The van der Waals surface area contributed by atoms with Gasteiger partial charge in [-0.1, -0.05) is 23.7 Å². The summed E-state index contributed by atoms with van der Waals surface area (Å²) in [4.78, 5) is 0. The summed E-state index contributed by atoms with van der Waals surface area (Å²) in [6, 6.07) is 7.33. The summed E-state index contributed by atoms with van der Waals surface area (Å²) in [5.41, 5.74) is 0. The second-order valence-electron chi connectivity index (χ2n) is 3.47. The molecule has 0 spiro atoms. The lowest BCUT2D eigenvalue weighted by Crippen LogP contribution is -2.05. The lowest BCUT2D eigenvalue weighted by Gasteiger charge is -2.07. The van der Waals surface area contributed by atoms with Crippen LogP contribution in [0.4, 0.5) is 5.95 Å². The maximum absolute atomic E-state index is 5.98. The quantitative estimate of drug-likeness (QED) is 0.905. The maximum atomic E-state index is 5.98. The highest BCUT2D eigenvalue weighted by molar-refractivity contribution is 6.32. The van der Waals surface area contributed by atoms with Gasteiger partial charge in [-0.15, -0.1) is 10.2 Å². The summed E-state index contributed by atoms with van der Waals surface area (Å²) in [5, 5.41) is 11.5. The van der Waals surface area contributed by atoms with E-state index in [1.165, 1.54) is 0 Å². The number of benzene rings is 1. The van der Waals surface area contributed by atoms with Gasteiger partial charge in [-0.3, -0.25) is 4.57 Å². The Morgan fingerprint density at radius 3 is 2.76 bits per heavy atom. The highest BCUT2D eigenvalue weighted by Crippen LogP contribution is 2.23. The topological polar surface area (TPSA) is 52.0 Å². The molecule has 1 aromatic heterocycles. The molecule has 1 heterocycles. The fraction of sp³-hybridized carbons (Fsp3) is 0.273. The van der Waals surface area contributed by atoms with E-state index in [2.05, 4.69) is 15.5 Å². The van der Waals surface area contributed by atoms with Crippen LogP contribution in [0.5, 0.6) is 5.75 Å². The van der Waals surface area contributed by atoms with E-state index >= 15 is 0 Å². The summed E-state index contributed by atoms with van der Waals surface area (Å²) in [7, 11) is 3.67. The highest BCUT2D eigenvalue weighted by atomic mass is 35.5. The predicted octanol–water partition coefficient (Wildman–Crippen LogP) is 2.09. The monoisotopic (exact) mass is 252 g/mol. The van der Waals surface area contributed by atoms with Crippen LogP contribution in [0.25, 0.3) is 0 Å². The van der Waals surface area contributed by atoms with Crippen LogP contribution in [0.2, 0.25) is 5.02 Å². The highest BCUT2D eigenvalue weighted by Gasteiger charge is 2.08. The van der Waals surface area contributed by atoms with Crippen molar-refractivity contribution < 1.29 is 4.74 Å². The number of nitrogens with zero attached hydrogens (tertiary/aromatic N) is 3. The number of halogens is 1. The van der Waals surface area contributed by atoms with Gasteiger partial charge >= 0.3 is 0 Å². The Balaban J connectivity index is 2.07. The maximum Gasteiger partial charge on any atom is 0.224 e. The summed E-state index contributed by atoms with van der Waals surface area (Å²) < 4.78 is 7.41. The first-order valence-electron chi connectivity index (χ1n) is 5.15. The average Bonchev–Trinajstić information content (AvgIpc) is 2.69. The molecule has 5 nitrogen and oxygen atoms in total. The zero-order valence-electron chi connectivity index (χ0n) is 9.64. The molecule has 6 heteroatoms. The Bertz CT molecular complexity index is 512. The van der Waals surface area contributed by atoms with E-state index in [1.54, 1.807) is 13.1 Å². The molecule has 2 aromatic rings. The van der Waals surface area contributed by atoms with Crippen molar-refractivity contribution in [3.05, 3.63) is 35.1 Å². The Kier molecular flexibility index (Phi) is 3.49. The van der Waals surface area contributed by atoms with Gasteiger partial charge in [-0.25, -0.2) is 0 Å². The van der Waals surface area contributed by atoms with Crippen molar-refractivity contribution in [3.8, 4) is 5.75 Å². The van der Waals surface area contributed by atoms with Gasteiger partial charge in [0.05, 0.1) is 5.02 Å². The first kappa shape index (κ1) is 11.7. The number of nitrogens with one attached hydrogen (secondary N) is 1. The summed E-state index contributed by atoms with van der Waals surface area (Å²) in [6.07, 6.45) is 0. The molecule has 0 atom stereocenters. The molecule has 0 bridgehead atoms. The third kappa shape index (κ3) is 2.50. The van der Waals surface area contributed by atoms with Crippen LogP contribution in [0.3, 0.4) is 0 Å². The minimum Gasteiger partial charge on any atom is -0.484 e. The van der Waals surface area contributed by atoms with Crippen LogP contribution in [0.1, 0.15) is 5.82 Å². The molecule has 0 amide bonds. The minimum atomic E-state index is 0.328. The van der Waals surface area contributed by atoms with Gasteiger partial charge in [0.15, 0.2) is 5.82 Å². The van der Waals surface area contributed by atoms with E-state index in [-0.39, 0.29) is 0 Å². The first-order valence-corrected chi connectivity index (χ1v) is 5.53. The number of hydrogen-bond donors (Lipinski definition) is 1. The summed E-state index contributed by atoms with van der Waals surface area (Å²) in [6.45, 7) is 0.328. The molecule has 0 radical (unpaired) electrons. The van der Waals surface area contributed by atoms with Crippen LogP contribution in [-0.2, 0) is 13.7 Å². The molecule has 1 aromatic carbocycles. The zero-order chi connectivity index (χ0) is 12.3. The van der Waals surface area contributed by atoms with Crippen molar-refractivity contribution in [3.63, 3.8) is 0 Å². The molecule has 0 fully saturated rings. The molecule has 0 saturated heterocycles. The van der Waals surface area contributed by atoms with Gasteiger partial charge in [0.2, 0.25) is 5.95 Å². The number of hydrogen-bond acceptors (Lipinski definition) is 4. The first-order chi connectivity index (χ1) is 8.22. The van der Waals surface area contributed by atoms with E-state index < -0.39 is 0 Å². The molecular weight excluding hydrogens is 240 g/mol. The molecular formula is C11H13ClN4O. The van der Waals surface area contributed by atoms with Crippen molar-refractivity contribution in [1.82, 2.24) is 14.8 Å². The Labute approximate surface area is 104 Å². The van der Waals surface area contributed by atoms with E-state index in [0.29, 0.717) is 23.3 Å². The zero-order valence-corrected chi connectivity index (χ0v) is 10.4. The van der Waals surface area contributed by atoms with Gasteiger partial charge in [-0.2, -0.15) is 0 Å². The normalized spacial score (nSPS) is 10.3. The fourth-order valence-corrected chi connectivity index (χ4v) is 1.60. The van der Waals surface area contributed by atoms with E-state index in [9.17, 15) is 0 Å². The van der Waals surface area contributed by atoms with Crippen LogP contribution >= 0.6 is 11.6 Å². The molecule has 0 saturated carbocycles. The fourth-order valence-electron chi connectivity index (χ4n) is 1.41. The van der Waals surface area contributed by atoms with Crippen LogP contribution in [-0.4, -0.2) is 21.8 Å². The number of ether oxygens (including phenoxy) is 1. The standard InChI is InChI=1S/C11H13ClN4O/c1-13-11-15-14-10(16(11)2)7-17-9-6-4-3-5-8(9)12/h3-6H,7H2,1-2H3,(H,13,15). The lowest BCUT2D eigenvalue weighted by molar-refractivity contribution is 0.291. The van der Waals surface area contributed by atoms with Crippen molar-refractivity contribution >= 4 is 17.5 Å². The summed E-state index contributed by atoms with van der Waals surface area (Å²) in [5.74, 6) is 2.07. The van der Waals surface area contributed by atoms with Crippen LogP contribution in [0.15, 0.2) is 24.3 Å². The van der Waals surface area contributed by atoms with E-state index in [0.717, 1.165) is 5.82 Å². The van der Waals surface area contributed by atoms with Gasteiger partial charge in [0.25, 0.3) is 0 Å². The van der Waals surface area contributed by atoms with Gasteiger partial charge in [-0.05, 0) is 12.1 Å². The van der Waals surface area contributed by atoms with Crippen LogP contribution < -0.4 is 10.1 Å². The Morgan fingerprint density at radius 1 is 1.35 bits per heavy atom. The lowest BCUT2D eigenvalue weighted by atomic mass is 10.3. The third-order valence-corrected chi connectivity index (χ3v) is 2.69. The van der Waals surface area contributed by atoms with Crippen molar-refractivity contribution in [2.24, 2.45) is 7.05 Å². The number of aromatic nitrogens is 3. The van der Waals surface area contributed by atoms with Gasteiger partial charge in [0.1, 0.15) is 12.4 Å². The van der Waals surface area contributed by atoms with Crippen molar-refractivity contribution in [2.45, 2.75) is 6.61 Å². The number of para-hydroxylation sites is 1. The average molecular weight is 253 g/mol. The molecule has 0 aliphatic heterocycles. The third-order valence-electron chi connectivity index (χ3n) is 2.38. The smallest absolute Gasteiger partial charge is 0.224 e. The van der Waals surface area contributed by atoms with Crippen LogP contribution in [0, 0.1) is 0 Å². The van der Waals surface area contributed by atoms with E-state index in [1.807, 2.05) is 29.8 Å². The molecule has 90 valence electrons. The van der Waals surface area contributed by atoms with Gasteiger partial charge < -0.3 is 10.1 Å². The Morgan fingerprint density at radius 2 is 2.12 bits per heavy atom. The van der Waals surface area contributed by atoms with Crippen molar-refractivity contribution in [1.29, 1.82) is 0 Å². The second-order valence-corrected chi connectivity index (χ2v) is 3.88. The van der Waals surface area contributed by atoms with Crippen molar-refractivity contribution in [2.75, 3.05) is 12.4 Å². The largest absolute Gasteiger partial charge is 0.484 e. The van der Waals surface area contributed by atoms with E-state index in [4.69, 9.17) is 16.3 Å². The Hall–Kier alpha value is -1.75. The second kappa shape index (κ2) is 5.05. The molecule has 17 heavy (non-hydrogen) atoms.